The highest BCUT2D eigenvalue weighted by atomic mass is 19.4. The fourth-order valence-corrected chi connectivity index (χ4v) is 4.40. The zero-order valence-electron chi connectivity index (χ0n) is 24.4. The lowest BCUT2D eigenvalue weighted by Crippen LogP contribution is -2.55. The van der Waals surface area contributed by atoms with E-state index in [-0.39, 0.29) is 13.0 Å². The highest BCUT2D eigenvalue weighted by molar-refractivity contribution is 5.92. The molecule has 45 heavy (non-hydrogen) atoms. The van der Waals surface area contributed by atoms with Gasteiger partial charge in [0.05, 0.1) is 6.04 Å². The van der Waals surface area contributed by atoms with Crippen LogP contribution in [0, 0.1) is 0 Å². The molecule has 1 saturated heterocycles. The average molecular weight is 639 g/mol. The summed E-state index contributed by atoms with van der Waals surface area (Å²) in [6, 6.07) is 15.9. The van der Waals surface area contributed by atoms with E-state index in [1.165, 1.54) is 4.90 Å². The molecule has 1 fully saturated rings. The number of carbonyl (C=O) groups excluding carboxylic acids is 3. The van der Waals surface area contributed by atoms with Gasteiger partial charge in [0.25, 0.3) is 0 Å². The maximum absolute atomic E-state index is 13.3. The van der Waals surface area contributed by atoms with E-state index in [1.807, 2.05) is 60.7 Å². The average Bonchev–Trinajstić information content (AvgIpc) is 3.50. The van der Waals surface area contributed by atoms with Crippen LogP contribution in [0.15, 0.2) is 60.7 Å². The molecule has 0 aliphatic carbocycles. The molecule has 0 bridgehead atoms. The van der Waals surface area contributed by atoms with Crippen molar-refractivity contribution < 1.29 is 52.1 Å². The molecular weight excluding hydrogens is 601 g/mol. The standard InChI is InChI=1S/C28H36N4O6.C2HF3O2/c29-22(14-7-8-16-30-28(37)38-19-21-12-5-2-6-13-21)25(33)31-23(18-20-10-3-1-4-11-20)26(34)32-17-9-15-24(32)27(35)36;3-2(4,5)1(6)7/h1-6,10-13,22-24H,7-9,14-19,29H2,(H,30,37)(H,31,33)(H,35,36);(H,6,7)/t22-,23-,24-;/m0./s1. The van der Waals surface area contributed by atoms with Crippen molar-refractivity contribution in [3.8, 4) is 0 Å². The maximum Gasteiger partial charge on any atom is 0.490 e. The Kier molecular flexibility index (Phi) is 14.8. The van der Waals surface area contributed by atoms with E-state index < -0.39 is 54.1 Å². The van der Waals surface area contributed by atoms with Crippen molar-refractivity contribution in [2.45, 2.75) is 69.4 Å². The number of hydrogen-bond acceptors (Lipinski definition) is 7. The van der Waals surface area contributed by atoms with Gasteiger partial charge < -0.3 is 36.2 Å². The van der Waals surface area contributed by atoms with Gasteiger partial charge in [-0.1, -0.05) is 60.7 Å². The molecule has 0 aromatic heterocycles. The largest absolute Gasteiger partial charge is 0.490 e. The van der Waals surface area contributed by atoms with Gasteiger partial charge >= 0.3 is 24.2 Å². The number of likely N-dealkylation sites (tertiary alicyclic amines) is 1. The minimum absolute atomic E-state index is 0.186. The van der Waals surface area contributed by atoms with E-state index in [0.29, 0.717) is 45.2 Å². The number of aliphatic carboxylic acids is 2. The fourth-order valence-electron chi connectivity index (χ4n) is 4.40. The molecule has 0 radical (unpaired) electrons. The topological polar surface area (TPSA) is 188 Å². The molecule has 3 amide bonds. The van der Waals surface area contributed by atoms with Crippen molar-refractivity contribution in [2.24, 2.45) is 5.73 Å². The van der Waals surface area contributed by atoms with E-state index in [2.05, 4.69) is 10.6 Å². The number of rotatable bonds is 13. The zero-order chi connectivity index (χ0) is 33.4. The lowest BCUT2D eigenvalue weighted by molar-refractivity contribution is -0.192. The Morgan fingerprint density at radius 3 is 2.09 bits per heavy atom. The summed E-state index contributed by atoms with van der Waals surface area (Å²) in [7, 11) is 0. The minimum Gasteiger partial charge on any atom is -0.480 e. The molecule has 3 atom stereocenters. The molecule has 0 unspecified atom stereocenters. The number of benzene rings is 2. The van der Waals surface area contributed by atoms with E-state index in [1.54, 1.807) is 0 Å². The third-order valence-corrected chi connectivity index (χ3v) is 6.72. The number of nitrogens with two attached hydrogens (primary N) is 1. The lowest BCUT2D eigenvalue weighted by atomic mass is 10.0. The monoisotopic (exact) mass is 638 g/mol. The van der Waals surface area contributed by atoms with Gasteiger partial charge in [0.2, 0.25) is 11.8 Å². The van der Waals surface area contributed by atoms with Gasteiger partial charge in [-0.05, 0) is 43.2 Å². The first-order valence-corrected chi connectivity index (χ1v) is 14.2. The summed E-state index contributed by atoms with van der Waals surface area (Å²) in [4.78, 5) is 59.8. The molecule has 12 nitrogen and oxygen atoms in total. The van der Waals surface area contributed by atoms with Crippen molar-refractivity contribution in [1.82, 2.24) is 15.5 Å². The zero-order valence-corrected chi connectivity index (χ0v) is 24.4. The number of alkyl carbamates (subject to hydrolysis) is 1. The Balaban J connectivity index is 0.000000900. The van der Waals surface area contributed by atoms with Gasteiger partial charge in [0.15, 0.2) is 0 Å². The number of halogens is 3. The van der Waals surface area contributed by atoms with E-state index >= 15 is 0 Å². The molecule has 2 aromatic carbocycles. The summed E-state index contributed by atoms with van der Waals surface area (Å²) in [6.45, 7) is 0.900. The Bertz CT molecular complexity index is 1260. The molecule has 246 valence electrons. The van der Waals surface area contributed by atoms with Crippen molar-refractivity contribution >= 4 is 29.8 Å². The number of nitrogens with one attached hydrogen (secondary N) is 2. The Hall–Kier alpha value is -4.66. The molecule has 1 heterocycles. The van der Waals surface area contributed by atoms with Gasteiger partial charge in [-0.15, -0.1) is 0 Å². The number of hydrogen-bond donors (Lipinski definition) is 5. The van der Waals surface area contributed by atoms with Crippen molar-refractivity contribution in [1.29, 1.82) is 0 Å². The number of unbranched alkanes of at least 4 members (excludes halogenated alkanes) is 1. The number of carboxylic acids is 2. The molecular formula is C30H37F3N4O8. The third-order valence-electron chi connectivity index (χ3n) is 6.72. The fraction of sp³-hybridized carbons (Fsp3) is 0.433. The third kappa shape index (κ3) is 13.3. The van der Waals surface area contributed by atoms with Crippen molar-refractivity contribution in [3.05, 3.63) is 71.8 Å². The van der Waals surface area contributed by atoms with Crippen LogP contribution in [0.4, 0.5) is 18.0 Å². The molecule has 1 aliphatic rings. The van der Waals surface area contributed by atoms with E-state index in [0.717, 1.165) is 11.1 Å². The molecule has 15 heteroatoms. The number of ether oxygens (including phenoxy) is 1. The van der Waals surface area contributed by atoms with Crippen LogP contribution in [0.2, 0.25) is 0 Å². The van der Waals surface area contributed by atoms with Crippen LogP contribution < -0.4 is 16.4 Å². The normalized spacial score (nSPS) is 15.6. The quantitative estimate of drug-likeness (QED) is 0.206. The van der Waals surface area contributed by atoms with Gasteiger partial charge in [-0.25, -0.2) is 14.4 Å². The number of amides is 3. The van der Waals surface area contributed by atoms with Crippen LogP contribution in [0.1, 0.15) is 43.2 Å². The van der Waals surface area contributed by atoms with Gasteiger partial charge in [0.1, 0.15) is 18.7 Å². The van der Waals surface area contributed by atoms with Crippen LogP contribution in [0.5, 0.6) is 0 Å². The summed E-state index contributed by atoms with van der Waals surface area (Å²) in [6.07, 6.45) is -2.83. The first-order valence-electron chi connectivity index (χ1n) is 14.2. The van der Waals surface area contributed by atoms with E-state index in [4.69, 9.17) is 20.4 Å². The molecule has 6 N–H and O–H groups in total. The molecule has 0 spiro atoms. The predicted octanol–water partition coefficient (Wildman–Crippen LogP) is 2.85. The first kappa shape index (κ1) is 36.5. The number of carboxylic acid groups (broad SMARTS) is 2. The van der Waals surface area contributed by atoms with E-state index in [9.17, 15) is 37.5 Å². The summed E-state index contributed by atoms with van der Waals surface area (Å²) in [5.74, 6) is -4.69. The summed E-state index contributed by atoms with van der Waals surface area (Å²) >= 11 is 0. The number of carbonyl (C=O) groups is 5. The van der Waals surface area contributed by atoms with Crippen LogP contribution in [0.3, 0.4) is 0 Å². The Labute approximate surface area is 257 Å². The second kappa shape index (κ2) is 18.2. The molecule has 0 saturated carbocycles. The van der Waals surface area contributed by atoms with Crippen molar-refractivity contribution in [2.75, 3.05) is 13.1 Å². The second-order valence-corrected chi connectivity index (χ2v) is 10.2. The summed E-state index contributed by atoms with van der Waals surface area (Å²) in [5.41, 5.74) is 7.84. The van der Waals surface area contributed by atoms with Gasteiger partial charge in [0, 0.05) is 19.5 Å². The SMILES string of the molecule is N[C@@H](CCCCNC(=O)OCc1ccccc1)C(=O)N[C@@H](Cc1ccccc1)C(=O)N1CCC[C@H]1C(=O)O.O=C(O)C(F)(F)F. The first-order chi connectivity index (χ1) is 21.3. The van der Waals surface area contributed by atoms with Gasteiger partial charge in [-0.3, -0.25) is 9.59 Å². The van der Waals surface area contributed by atoms with Crippen LogP contribution in [-0.4, -0.2) is 82.4 Å². The molecule has 1 aliphatic heterocycles. The lowest BCUT2D eigenvalue weighted by Gasteiger charge is -2.28. The van der Waals surface area contributed by atoms with Crippen molar-refractivity contribution in [3.63, 3.8) is 0 Å². The van der Waals surface area contributed by atoms with Crippen LogP contribution in [-0.2, 0) is 36.9 Å². The minimum atomic E-state index is -5.08. The number of alkyl halides is 3. The highest BCUT2D eigenvalue weighted by Gasteiger charge is 2.39. The summed E-state index contributed by atoms with van der Waals surface area (Å²) < 4.78 is 36.9. The number of nitrogens with zero attached hydrogens (tertiary/aromatic N) is 1. The molecule has 2 aromatic rings. The van der Waals surface area contributed by atoms with Gasteiger partial charge in [-0.2, -0.15) is 13.2 Å². The Morgan fingerprint density at radius 1 is 0.956 bits per heavy atom. The summed E-state index contributed by atoms with van der Waals surface area (Å²) in [5, 5.41) is 22.1. The second-order valence-electron chi connectivity index (χ2n) is 10.2. The predicted molar refractivity (Wildman–Crippen MR) is 155 cm³/mol. The molecule has 3 rings (SSSR count). The smallest absolute Gasteiger partial charge is 0.480 e. The maximum atomic E-state index is 13.3. The Morgan fingerprint density at radius 2 is 1.53 bits per heavy atom. The van der Waals surface area contributed by atoms with Crippen LogP contribution in [0.25, 0.3) is 0 Å². The van der Waals surface area contributed by atoms with Crippen LogP contribution >= 0.6 is 0 Å². The highest BCUT2D eigenvalue weighted by Crippen LogP contribution is 2.20.